The van der Waals surface area contributed by atoms with Crippen molar-refractivity contribution >= 4 is 44.1 Å². The second-order valence-electron chi connectivity index (χ2n) is 7.41. The number of primary amides is 1. The molecule has 2 amide bonds. The fraction of sp³-hybridized carbons (Fsp3) is 0.350. The van der Waals surface area contributed by atoms with Gasteiger partial charge in [0.25, 0.3) is 11.8 Å². The molecule has 0 spiro atoms. The number of nitrogens with one attached hydrogen (secondary N) is 1. The number of carbonyl (C=O) groups excluding carboxylic acids is 3. The smallest absolute Gasteiger partial charge is 0.325 e. The van der Waals surface area contributed by atoms with Crippen molar-refractivity contribution in [2.75, 3.05) is 18.5 Å². The molecule has 0 radical (unpaired) electrons. The van der Waals surface area contributed by atoms with E-state index < -0.39 is 46.6 Å². The molecular formula is C20H23N3O7S2. The summed E-state index contributed by atoms with van der Waals surface area (Å²) in [6, 6.07) is 4.78. The number of carbonyl (C=O) groups is 3. The van der Waals surface area contributed by atoms with Gasteiger partial charge in [-0.15, -0.1) is 11.3 Å². The zero-order chi connectivity index (χ0) is 23.6. The summed E-state index contributed by atoms with van der Waals surface area (Å²) in [5.74, 6) is -2.39. The van der Waals surface area contributed by atoms with Crippen LogP contribution in [0.4, 0.5) is 5.00 Å². The van der Waals surface area contributed by atoms with Crippen LogP contribution in [0.2, 0.25) is 0 Å². The van der Waals surface area contributed by atoms with Gasteiger partial charge in [0.15, 0.2) is 6.61 Å². The number of ether oxygens (including phenoxy) is 1. The normalized spacial score (nSPS) is 19.0. The van der Waals surface area contributed by atoms with Gasteiger partial charge >= 0.3 is 5.97 Å². The van der Waals surface area contributed by atoms with E-state index in [1.54, 1.807) is 18.4 Å². The first kappa shape index (κ1) is 23.9. The molecule has 1 fully saturated rings. The number of aryl methyl sites for hydroxylation is 2. The second kappa shape index (κ2) is 9.36. The minimum absolute atomic E-state index is 0.00178. The van der Waals surface area contributed by atoms with Crippen molar-refractivity contribution in [3.63, 3.8) is 0 Å². The van der Waals surface area contributed by atoms with Gasteiger partial charge in [-0.3, -0.25) is 14.4 Å². The molecule has 3 rings (SSSR count). The third kappa shape index (κ3) is 4.99. The maximum atomic E-state index is 13.1. The Morgan fingerprint density at radius 3 is 2.62 bits per heavy atom. The molecule has 1 saturated heterocycles. The van der Waals surface area contributed by atoms with Crippen LogP contribution in [0.25, 0.3) is 0 Å². The molecule has 0 saturated carbocycles. The lowest BCUT2D eigenvalue weighted by Gasteiger charge is -2.22. The Morgan fingerprint density at radius 1 is 1.25 bits per heavy atom. The minimum atomic E-state index is -4.08. The lowest BCUT2D eigenvalue weighted by Crippen LogP contribution is -2.42. The van der Waals surface area contributed by atoms with E-state index >= 15 is 0 Å². The number of rotatable bonds is 7. The summed E-state index contributed by atoms with van der Waals surface area (Å²) in [7, 11) is -4.08. The summed E-state index contributed by atoms with van der Waals surface area (Å²) in [6.45, 7) is 2.66. The average molecular weight is 482 g/mol. The van der Waals surface area contributed by atoms with Crippen LogP contribution in [0.1, 0.15) is 27.9 Å². The Kier molecular flexibility index (Phi) is 6.98. The Morgan fingerprint density at radius 2 is 1.97 bits per heavy atom. The number of aliphatic hydroxyl groups excluding tert-OH is 1. The quantitative estimate of drug-likeness (QED) is 0.493. The number of benzene rings is 1. The summed E-state index contributed by atoms with van der Waals surface area (Å²) < 4.78 is 32.1. The number of β-amino-alcohol motifs (C(OH)–C–C–N with tert-alkyl or cyclic N) is 1. The van der Waals surface area contributed by atoms with Gasteiger partial charge in [-0.25, -0.2) is 8.42 Å². The van der Waals surface area contributed by atoms with Crippen molar-refractivity contribution in [1.29, 1.82) is 0 Å². The first-order valence-corrected chi connectivity index (χ1v) is 11.9. The highest BCUT2D eigenvalue weighted by Gasteiger charge is 2.44. The molecule has 12 heteroatoms. The largest absolute Gasteiger partial charge is 0.454 e. The van der Waals surface area contributed by atoms with Crippen molar-refractivity contribution in [3.05, 3.63) is 46.3 Å². The molecular weight excluding hydrogens is 458 g/mol. The monoisotopic (exact) mass is 481 g/mol. The molecule has 4 N–H and O–H groups in total. The van der Waals surface area contributed by atoms with Crippen molar-refractivity contribution in [2.24, 2.45) is 5.73 Å². The van der Waals surface area contributed by atoms with Crippen LogP contribution in [-0.2, 0) is 24.3 Å². The standard InChI is InChI=1S/C20H23N3O7S2/c1-11-3-4-14(7-12(11)2)32(28,29)23-9-13(24)8-16(23)20(27)30-10-17(25)22-19-15(18(21)26)5-6-31-19/h3-7,13,16,24H,8-10H2,1-2H3,(H2,21,26)(H,22,25)/t13?,16-/m0/s1. The highest BCUT2D eigenvalue weighted by Crippen LogP contribution is 2.28. The fourth-order valence-electron chi connectivity index (χ4n) is 3.27. The van der Waals surface area contributed by atoms with Crippen molar-refractivity contribution in [2.45, 2.75) is 37.3 Å². The molecule has 2 atom stereocenters. The van der Waals surface area contributed by atoms with Crippen LogP contribution in [0, 0.1) is 13.8 Å². The van der Waals surface area contributed by atoms with Gasteiger partial charge in [0.1, 0.15) is 11.0 Å². The molecule has 1 unspecified atom stereocenters. The predicted octanol–water partition coefficient (Wildman–Crippen LogP) is 0.770. The van der Waals surface area contributed by atoms with Crippen LogP contribution in [0.3, 0.4) is 0 Å². The van der Waals surface area contributed by atoms with Gasteiger partial charge in [-0.05, 0) is 48.6 Å². The third-order valence-electron chi connectivity index (χ3n) is 5.12. The summed E-state index contributed by atoms with van der Waals surface area (Å²) in [5, 5.41) is 14.2. The highest BCUT2D eigenvalue weighted by molar-refractivity contribution is 7.89. The number of amides is 2. The first-order valence-electron chi connectivity index (χ1n) is 9.61. The summed E-state index contributed by atoms with van der Waals surface area (Å²) in [6.07, 6.45) is -1.20. The van der Waals surface area contributed by atoms with Crippen molar-refractivity contribution < 1.29 is 32.6 Å². The topological polar surface area (TPSA) is 156 Å². The van der Waals surface area contributed by atoms with E-state index in [-0.39, 0.29) is 28.4 Å². The van der Waals surface area contributed by atoms with E-state index in [0.29, 0.717) is 0 Å². The summed E-state index contributed by atoms with van der Waals surface area (Å²) >= 11 is 1.08. The molecule has 2 aromatic rings. The van der Waals surface area contributed by atoms with Crippen molar-refractivity contribution in [3.8, 4) is 0 Å². The van der Waals surface area contributed by atoms with Gasteiger partial charge in [-0.1, -0.05) is 6.07 Å². The molecule has 0 bridgehead atoms. The molecule has 32 heavy (non-hydrogen) atoms. The Balaban J connectivity index is 1.69. The van der Waals surface area contributed by atoms with Crippen LogP contribution in [0.15, 0.2) is 34.5 Å². The zero-order valence-electron chi connectivity index (χ0n) is 17.4. The number of nitrogens with zero attached hydrogens (tertiary/aromatic N) is 1. The molecule has 2 heterocycles. The summed E-state index contributed by atoms with van der Waals surface area (Å²) in [5.41, 5.74) is 7.03. The summed E-state index contributed by atoms with van der Waals surface area (Å²) in [4.78, 5) is 36.0. The SMILES string of the molecule is Cc1ccc(S(=O)(=O)N2CC(O)C[C@H]2C(=O)OCC(=O)Nc2sccc2C(N)=O)cc1C. The van der Waals surface area contributed by atoms with Crippen LogP contribution < -0.4 is 11.1 Å². The number of thiophene rings is 1. The lowest BCUT2D eigenvalue weighted by molar-refractivity contribution is -0.150. The molecule has 1 aromatic heterocycles. The van der Waals surface area contributed by atoms with Gasteiger partial charge in [0.2, 0.25) is 10.0 Å². The fourth-order valence-corrected chi connectivity index (χ4v) is 5.79. The molecule has 10 nitrogen and oxygen atoms in total. The van der Waals surface area contributed by atoms with E-state index in [0.717, 1.165) is 26.8 Å². The van der Waals surface area contributed by atoms with Gasteiger partial charge < -0.3 is 20.9 Å². The Hall–Kier alpha value is -2.80. The number of esters is 1. The molecule has 1 aliphatic heterocycles. The first-order chi connectivity index (χ1) is 15.0. The average Bonchev–Trinajstić information content (AvgIpc) is 3.35. The van der Waals surface area contributed by atoms with E-state index in [1.165, 1.54) is 18.2 Å². The zero-order valence-corrected chi connectivity index (χ0v) is 19.0. The number of hydrogen-bond acceptors (Lipinski definition) is 8. The number of anilines is 1. The molecule has 172 valence electrons. The van der Waals surface area contributed by atoms with Gasteiger partial charge in [0.05, 0.1) is 16.6 Å². The number of aliphatic hydroxyl groups is 1. The van der Waals surface area contributed by atoms with E-state index in [2.05, 4.69) is 5.32 Å². The lowest BCUT2D eigenvalue weighted by atomic mass is 10.1. The third-order valence-corrected chi connectivity index (χ3v) is 7.82. The van der Waals surface area contributed by atoms with Crippen LogP contribution in [0.5, 0.6) is 0 Å². The van der Waals surface area contributed by atoms with Crippen LogP contribution >= 0.6 is 11.3 Å². The maximum Gasteiger partial charge on any atom is 0.325 e. The van der Waals surface area contributed by atoms with E-state index in [9.17, 15) is 27.9 Å². The molecule has 0 aliphatic carbocycles. The van der Waals surface area contributed by atoms with Crippen molar-refractivity contribution in [1.82, 2.24) is 4.31 Å². The Labute approximate surface area is 189 Å². The van der Waals surface area contributed by atoms with Crippen LogP contribution in [-0.4, -0.2) is 60.9 Å². The minimum Gasteiger partial charge on any atom is -0.454 e. The highest BCUT2D eigenvalue weighted by atomic mass is 32.2. The Bertz CT molecular complexity index is 1160. The number of hydrogen-bond donors (Lipinski definition) is 3. The van der Waals surface area contributed by atoms with Gasteiger partial charge in [-0.2, -0.15) is 4.31 Å². The number of sulfonamides is 1. The molecule has 1 aliphatic rings. The predicted molar refractivity (Wildman–Crippen MR) is 117 cm³/mol. The second-order valence-corrected chi connectivity index (χ2v) is 10.2. The van der Waals surface area contributed by atoms with Gasteiger partial charge in [0, 0.05) is 13.0 Å². The van der Waals surface area contributed by atoms with E-state index in [1.807, 2.05) is 6.92 Å². The number of nitrogens with two attached hydrogens (primary N) is 1. The van der Waals surface area contributed by atoms with E-state index in [4.69, 9.17) is 10.5 Å². The maximum absolute atomic E-state index is 13.1. The molecule has 1 aromatic carbocycles.